The predicted molar refractivity (Wildman–Crippen MR) is 102 cm³/mol. The fourth-order valence-corrected chi connectivity index (χ4v) is 4.08. The van der Waals surface area contributed by atoms with Gasteiger partial charge in [-0.2, -0.15) is 0 Å². The van der Waals surface area contributed by atoms with Crippen LogP contribution in [0.25, 0.3) is 0 Å². The van der Waals surface area contributed by atoms with Gasteiger partial charge in [-0.05, 0) is 50.9 Å². The van der Waals surface area contributed by atoms with Gasteiger partial charge in [0.25, 0.3) is 0 Å². The Morgan fingerprint density at radius 3 is 2.48 bits per heavy atom. The van der Waals surface area contributed by atoms with Gasteiger partial charge in [-0.1, -0.05) is 23.2 Å². The van der Waals surface area contributed by atoms with Crippen molar-refractivity contribution < 1.29 is 4.74 Å². The van der Waals surface area contributed by atoms with Crippen LogP contribution in [0.5, 0.6) is 5.75 Å². The van der Waals surface area contributed by atoms with E-state index in [-0.39, 0.29) is 24.8 Å². The van der Waals surface area contributed by atoms with E-state index in [0.717, 1.165) is 30.3 Å². The zero-order valence-electron chi connectivity index (χ0n) is 13.2. The first-order chi connectivity index (χ1) is 10.2. The van der Waals surface area contributed by atoms with Gasteiger partial charge in [0, 0.05) is 29.7 Å². The van der Waals surface area contributed by atoms with E-state index in [1.165, 1.54) is 25.9 Å². The summed E-state index contributed by atoms with van der Waals surface area (Å²) in [6.45, 7) is 7.00. The molecule has 132 valence electrons. The van der Waals surface area contributed by atoms with E-state index in [1.807, 2.05) is 13.0 Å². The molecule has 0 amide bonds. The van der Waals surface area contributed by atoms with Crippen LogP contribution in [0.1, 0.15) is 25.3 Å². The number of benzene rings is 1. The van der Waals surface area contributed by atoms with E-state index in [1.54, 1.807) is 6.07 Å². The number of piperidine rings is 3. The lowest BCUT2D eigenvalue weighted by atomic mass is 9.84. The Morgan fingerprint density at radius 2 is 1.91 bits per heavy atom. The number of nitrogens with zero attached hydrogens (tertiary/aromatic N) is 1. The molecule has 1 atom stereocenters. The van der Waals surface area contributed by atoms with Gasteiger partial charge in [-0.3, -0.25) is 0 Å². The molecule has 0 aromatic heterocycles. The lowest BCUT2D eigenvalue weighted by Crippen LogP contribution is -2.55. The largest absolute Gasteiger partial charge is 0.492 e. The second kappa shape index (κ2) is 9.55. The van der Waals surface area contributed by atoms with Crippen LogP contribution in [0.2, 0.25) is 10.0 Å². The van der Waals surface area contributed by atoms with Crippen molar-refractivity contribution in [3.05, 3.63) is 27.7 Å². The number of rotatable bonds is 5. The zero-order chi connectivity index (χ0) is 14.8. The molecule has 0 spiro atoms. The highest BCUT2D eigenvalue weighted by molar-refractivity contribution is 6.35. The van der Waals surface area contributed by atoms with E-state index in [2.05, 4.69) is 10.2 Å². The maximum atomic E-state index is 6.25. The molecule has 23 heavy (non-hydrogen) atoms. The SMILES string of the molecule is CCOc1c(Cl)cc(Cl)cc1CNC1CN2CCC1CC2.Cl.Cl. The summed E-state index contributed by atoms with van der Waals surface area (Å²) in [5.74, 6) is 1.57. The molecule has 3 nitrogen and oxygen atoms in total. The molecule has 0 radical (unpaired) electrons. The lowest BCUT2D eigenvalue weighted by molar-refractivity contribution is 0.0719. The minimum absolute atomic E-state index is 0. The Bertz CT molecular complexity index is 507. The van der Waals surface area contributed by atoms with Gasteiger partial charge in [-0.25, -0.2) is 0 Å². The molecule has 0 aliphatic carbocycles. The lowest BCUT2D eigenvalue weighted by Gasteiger charge is -2.45. The van der Waals surface area contributed by atoms with Gasteiger partial charge < -0.3 is 15.0 Å². The smallest absolute Gasteiger partial charge is 0.142 e. The minimum Gasteiger partial charge on any atom is -0.492 e. The molecule has 3 aliphatic heterocycles. The Kier molecular flexibility index (Phi) is 8.78. The van der Waals surface area contributed by atoms with Crippen LogP contribution >= 0.6 is 48.0 Å². The van der Waals surface area contributed by atoms with E-state index in [9.17, 15) is 0 Å². The summed E-state index contributed by atoms with van der Waals surface area (Å²) in [4.78, 5) is 2.55. The summed E-state index contributed by atoms with van der Waals surface area (Å²) in [5.41, 5.74) is 1.05. The summed E-state index contributed by atoms with van der Waals surface area (Å²) in [6.07, 6.45) is 2.62. The number of hydrogen-bond donors (Lipinski definition) is 1. The molecule has 1 N–H and O–H groups in total. The Labute approximate surface area is 160 Å². The minimum atomic E-state index is 0. The molecular formula is C16H24Cl4N2O. The van der Waals surface area contributed by atoms with E-state index in [4.69, 9.17) is 27.9 Å². The van der Waals surface area contributed by atoms with E-state index < -0.39 is 0 Å². The highest BCUT2D eigenvalue weighted by atomic mass is 35.5. The second-order valence-corrected chi connectivity index (χ2v) is 6.78. The number of fused-ring (bicyclic) bond motifs is 3. The van der Waals surface area contributed by atoms with Crippen molar-refractivity contribution in [3.8, 4) is 5.75 Å². The fraction of sp³-hybridized carbons (Fsp3) is 0.625. The zero-order valence-corrected chi connectivity index (χ0v) is 16.3. The van der Waals surface area contributed by atoms with Crippen LogP contribution in [-0.4, -0.2) is 37.2 Å². The van der Waals surface area contributed by atoms with Crippen molar-refractivity contribution >= 4 is 48.0 Å². The van der Waals surface area contributed by atoms with Gasteiger partial charge in [0.1, 0.15) is 5.75 Å². The molecular weight excluding hydrogens is 378 g/mol. The number of nitrogens with one attached hydrogen (secondary N) is 1. The highest BCUT2D eigenvalue weighted by Gasteiger charge is 2.33. The second-order valence-electron chi connectivity index (χ2n) is 5.93. The standard InChI is InChI=1S/C16H22Cl2N2O.2ClH/c1-2-21-16-12(7-13(17)8-14(16)18)9-19-15-10-20-5-3-11(15)4-6-20;;/h7-8,11,15,19H,2-6,9-10H2,1H3;2*1H. The number of halogens is 4. The quantitative estimate of drug-likeness (QED) is 0.790. The average molecular weight is 402 g/mol. The van der Waals surface area contributed by atoms with Crippen LogP contribution in [0.4, 0.5) is 0 Å². The maximum absolute atomic E-state index is 6.25. The molecule has 3 fully saturated rings. The van der Waals surface area contributed by atoms with Crippen LogP contribution in [0.15, 0.2) is 12.1 Å². The van der Waals surface area contributed by atoms with E-state index >= 15 is 0 Å². The van der Waals surface area contributed by atoms with Crippen molar-refractivity contribution in [1.29, 1.82) is 0 Å². The first kappa shape index (κ1) is 21.1. The molecule has 1 aromatic carbocycles. The summed E-state index contributed by atoms with van der Waals surface area (Å²) in [7, 11) is 0. The molecule has 7 heteroatoms. The van der Waals surface area contributed by atoms with Crippen LogP contribution < -0.4 is 10.1 Å². The summed E-state index contributed by atoms with van der Waals surface area (Å²) >= 11 is 12.4. The predicted octanol–water partition coefficient (Wildman–Crippen LogP) is 4.42. The van der Waals surface area contributed by atoms with Gasteiger partial charge in [0.05, 0.1) is 11.6 Å². The number of ether oxygens (including phenoxy) is 1. The molecule has 3 saturated heterocycles. The van der Waals surface area contributed by atoms with Crippen molar-refractivity contribution in [2.24, 2.45) is 5.92 Å². The van der Waals surface area contributed by atoms with Crippen LogP contribution in [0, 0.1) is 5.92 Å². The monoisotopic (exact) mass is 400 g/mol. The normalized spacial score (nSPS) is 25.4. The number of hydrogen-bond acceptors (Lipinski definition) is 3. The average Bonchev–Trinajstić information content (AvgIpc) is 2.49. The Morgan fingerprint density at radius 1 is 1.22 bits per heavy atom. The topological polar surface area (TPSA) is 24.5 Å². The molecule has 3 aliphatic rings. The summed E-state index contributed by atoms with van der Waals surface area (Å²) in [5, 5.41) is 4.94. The molecule has 2 bridgehead atoms. The Balaban J connectivity index is 0.00000132. The third-order valence-corrected chi connectivity index (χ3v) is 5.08. The molecule has 4 rings (SSSR count). The summed E-state index contributed by atoms with van der Waals surface area (Å²) < 4.78 is 5.68. The summed E-state index contributed by atoms with van der Waals surface area (Å²) in [6, 6.07) is 4.26. The van der Waals surface area contributed by atoms with Gasteiger partial charge in [-0.15, -0.1) is 24.8 Å². The molecule has 3 heterocycles. The maximum Gasteiger partial charge on any atom is 0.142 e. The van der Waals surface area contributed by atoms with Gasteiger partial charge >= 0.3 is 0 Å². The van der Waals surface area contributed by atoms with Gasteiger partial charge in [0.15, 0.2) is 0 Å². The third-order valence-electron chi connectivity index (χ3n) is 4.58. The van der Waals surface area contributed by atoms with Crippen molar-refractivity contribution in [2.45, 2.75) is 32.4 Å². The highest BCUT2D eigenvalue weighted by Crippen LogP contribution is 2.33. The van der Waals surface area contributed by atoms with Gasteiger partial charge in [0.2, 0.25) is 0 Å². The van der Waals surface area contributed by atoms with E-state index in [0.29, 0.717) is 22.7 Å². The van der Waals surface area contributed by atoms with Crippen molar-refractivity contribution in [1.82, 2.24) is 10.2 Å². The molecule has 1 aromatic rings. The fourth-order valence-electron chi connectivity index (χ4n) is 3.49. The third kappa shape index (κ3) is 5.04. The van der Waals surface area contributed by atoms with Crippen molar-refractivity contribution in [3.63, 3.8) is 0 Å². The van der Waals surface area contributed by atoms with Crippen molar-refractivity contribution in [2.75, 3.05) is 26.2 Å². The van der Waals surface area contributed by atoms with Crippen LogP contribution in [-0.2, 0) is 6.54 Å². The van der Waals surface area contributed by atoms with Crippen LogP contribution in [0.3, 0.4) is 0 Å². The molecule has 0 saturated carbocycles. The first-order valence-corrected chi connectivity index (χ1v) is 8.49. The Hall–Kier alpha value is 0.1000. The molecule has 1 unspecified atom stereocenters. The first-order valence-electron chi connectivity index (χ1n) is 7.74.